The number of nitrogens with zero attached hydrogens (tertiary/aromatic N) is 1. The highest BCUT2D eigenvalue weighted by Gasteiger charge is 2.25. The Hall–Kier alpha value is -2.34. The lowest BCUT2D eigenvalue weighted by molar-refractivity contribution is -0.121. The van der Waals surface area contributed by atoms with E-state index in [1.54, 1.807) is 35.2 Å². The molecule has 0 radical (unpaired) electrons. The van der Waals surface area contributed by atoms with Gasteiger partial charge in [-0.25, -0.2) is 0 Å². The maximum absolute atomic E-state index is 12.4. The Morgan fingerprint density at radius 2 is 2.00 bits per heavy atom. The first-order valence-corrected chi connectivity index (χ1v) is 9.02. The van der Waals surface area contributed by atoms with E-state index >= 15 is 0 Å². The van der Waals surface area contributed by atoms with Gasteiger partial charge < -0.3 is 15.0 Å². The number of carbonyl (C=O) groups excluding carboxylic acids is 2. The highest BCUT2D eigenvalue weighted by atomic mass is 79.9. The minimum atomic E-state index is -0.199. The number of halogens is 1. The second kappa shape index (κ2) is 7.70. The first-order valence-electron chi connectivity index (χ1n) is 8.22. The van der Waals surface area contributed by atoms with Crippen LogP contribution in [0.25, 0.3) is 0 Å². The molecule has 0 atom stereocenters. The second-order valence-corrected chi connectivity index (χ2v) is 6.75. The molecule has 0 bridgehead atoms. The molecule has 1 aliphatic heterocycles. The van der Waals surface area contributed by atoms with Crippen molar-refractivity contribution in [3.05, 3.63) is 52.5 Å². The van der Waals surface area contributed by atoms with E-state index in [1.165, 1.54) is 0 Å². The van der Waals surface area contributed by atoms with Crippen molar-refractivity contribution in [2.45, 2.75) is 19.8 Å². The molecule has 0 aliphatic carbocycles. The van der Waals surface area contributed by atoms with Crippen LogP contribution in [0.15, 0.2) is 46.9 Å². The van der Waals surface area contributed by atoms with Crippen LogP contribution in [-0.2, 0) is 4.79 Å². The molecule has 6 heteroatoms. The van der Waals surface area contributed by atoms with Crippen LogP contribution in [0.4, 0.5) is 11.4 Å². The number of unbranched alkanes of at least 4 members (excludes halogenated alkanes) is 1. The highest BCUT2D eigenvalue weighted by Crippen LogP contribution is 2.34. The van der Waals surface area contributed by atoms with Crippen LogP contribution in [0.5, 0.6) is 5.75 Å². The predicted molar refractivity (Wildman–Crippen MR) is 101 cm³/mol. The van der Waals surface area contributed by atoms with Crippen molar-refractivity contribution in [1.82, 2.24) is 0 Å². The van der Waals surface area contributed by atoms with E-state index in [4.69, 9.17) is 4.74 Å². The van der Waals surface area contributed by atoms with E-state index in [-0.39, 0.29) is 18.4 Å². The summed E-state index contributed by atoms with van der Waals surface area (Å²) in [5.41, 5.74) is 1.90. The van der Waals surface area contributed by atoms with Gasteiger partial charge in [0.25, 0.3) is 11.8 Å². The van der Waals surface area contributed by atoms with Gasteiger partial charge in [-0.3, -0.25) is 9.59 Å². The zero-order valence-electron chi connectivity index (χ0n) is 13.9. The van der Waals surface area contributed by atoms with Gasteiger partial charge in [0.15, 0.2) is 6.61 Å². The Balaban J connectivity index is 1.82. The van der Waals surface area contributed by atoms with Crippen LogP contribution in [0.3, 0.4) is 0 Å². The van der Waals surface area contributed by atoms with Crippen molar-refractivity contribution in [2.24, 2.45) is 0 Å². The van der Waals surface area contributed by atoms with Crippen LogP contribution in [0.2, 0.25) is 0 Å². The van der Waals surface area contributed by atoms with Crippen molar-refractivity contribution in [3.63, 3.8) is 0 Å². The van der Waals surface area contributed by atoms with Crippen LogP contribution in [0.1, 0.15) is 30.1 Å². The molecule has 130 valence electrons. The van der Waals surface area contributed by atoms with E-state index in [0.29, 0.717) is 29.2 Å². The Bertz CT molecular complexity index is 790. The van der Waals surface area contributed by atoms with Crippen molar-refractivity contribution < 1.29 is 14.3 Å². The number of hydrogen-bond acceptors (Lipinski definition) is 3. The average molecular weight is 403 g/mol. The summed E-state index contributed by atoms with van der Waals surface area (Å²) in [6.07, 6.45) is 1.92. The molecule has 1 N–H and O–H groups in total. The fourth-order valence-corrected chi connectivity index (χ4v) is 2.91. The summed E-state index contributed by atoms with van der Waals surface area (Å²) < 4.78 is 6.41. The minimum Gasteiger partial charge on any atom is -0.482 e. The number of nitrogens with one attached hydrogen (secondary N) is 1. The monoisotopic (exact) mass is 402 g/mol. The maximum Gasteiger partial charge on any atom is 0.265 e. The van der Waals surface area contributed by atoms with Gasteiger partial charge in [-0.1, -0.05) is 29.3 Å². The van der Waals surface area contributed by atoms with E-state index in [1.807, 2.05) is 12.1 Å². The van der Waals surface area contributed by atoms with E-state index in [2.05, 4.69) is 28.2 Å². The second-order valence-electron chi connectivity index (χ2n) is 5.83. The van der Waals surface area contributed by atoms with Gasteiger partial charge in [0.1, 0.15) is 5.75 Å². The van der Waals surface area contributed by atoms with Gasteiger partial charge in [0.2, 0.25) is 0 Å². The number of fused-ring (bicyclic) bond motifs is 1. The summed E-state index contributed by atoms with van der Waals surface area (Å²) >= 11 is 3.35. The van der Waals surface area contributed by atoms with Gasteiger partial charge in [-0.05, 0) is 48.9 Å². The van der Waals surface area contributed by atoms with Gasteiger partial charge in [0, 0.05) is 22.3 Å². The van der Waals surface area contributed by atoms with Crippen LogP contribution >= 0.6 is 15.9 Å². The Labute approximate surface area is 155 Å². The van der Waals surface area contributed by atoms with E-state index in [0.717, 1.165) is 17.3 Å². The molecule has 1 heterocycles. The molecule has 2 aromatic carbocycles. The standard InChI is InChI=1S/C19H19BrN2O3/c1-2-3-10-22-16-11-15(8-9-17(16)25-12-18(22)23)21-19(24)13-4-6-14(20)7-5-13/h4-9,11H,2-3,10,12H2,1H3,(H,21,24). The molecule has 25 heavy (non-hydrogen) atoms. The van der Waals surface area contributed by atoms with E-state index < -0.39 is 0 Å². The molecular formula is C19H19BrN2O3. The molecule has 0 spiro atoms. The summed E-state index contributed by atoms with van der Waals surface area (Å²) in [5, 5.41) is 2.87. The van der Waals surface area contributed by atoms with Gasteiger partial charge in [-0.15, -0.1) is 0 Å². The summed E-state index contributed by atoms with van der Waals surface area (Å²) in [7, 11) is 0. The topological polar surface area (TPSA) is 58.6 Å². The lowest BCUT2D eigenvalue weighted by Crippen LogP contribution is -2.39. The van der Waals surface area contributed by atoms with Gasteiger partial charge >= 0.3 is 0 Å². The molecule has 0 saturated carbocycles. The van der Waals surface area contributed by atoms with Crippen molar-refractivity contribution >= 4 is 39.1 Å². The highest BCUT2D eigenvalue weighted by molar-refractivity contribution is 9.10. The molecule has 5 nitrogen and oxygen atoms in total. The maximum atomic E-state index is 12.4. The van der Waals surface area contributed by atoms with Crippen LogP contribution in [-0.4, -0.2) is 25.0 Å². The number of carbonyl (C=O) groups is 2. The fraction of sp³-hybridized carbons (Fsp3) is 0.263. The summed E-state index contributed by atoms with van der Waals surface area (Å²) in [5.74, 6) is 0.408. The number of rotatable bonds is 5. The first-order chi connectivity index (χ1) is 12.1. The van der Waals surface area contributed by atoms with E-state index in [9.17, 15) is 9.59 Å². The summed E-state index contributed by atoms with van der Waals surface area (Å²) in [6, 6.07) is 12.5. The molecule has 1 aliphatic rings. The molecular weight excluding hydrogens is 384 g/mol. The van der Waals surface area contributed by atoms with Crippen molar-refractivity contribution in [1.29, 1.82) is 0 Å². The molecule has 0 aromatic heterocycles. The number of ether oxygens (including phenoxy) is 1. The normalized spacial score (nSPS) is 13.2. The number of anilines is 2. The van der Waals surface area contributed by atoms with Crippen molar-refractivity contribution in [2.75, 3.05) is 23.4 Å². The van der Waals surface area contributed by atoms with Crippen LogP contribution in [0, 0.1) is 0 Å². The Morgan fingerprint density at radius 1 is 1.24 bits per heavy atom. The quantitative estimate of drug-likeness (QED) is 0.813. The lowest BCUT2D eigenvalue weighted by atomic mass is 10.1. The Morgan fingerprint density at radius 3 is 2.72 bits per heavy atom. The van der Waals surface area contributed by atoms with Gasteiger partial charge in [-0.2, -0.15) is 0 Å². The third-order valence-electron chi connectivity index (χ3n) is 4.00. The number of benzene rings is 2. The third-order valence-corrected chi connectivity index (χ3v) is 4.53. The smallest absolute Gasteiger partial charge is 0.265 e. The summed E-state index contributed by atoms with van der Waals surface area (Å²) in [6.45, 7) is 2.79. The molecule has 0 fully saturated rings. The largest absolute Gasteiger partial charge is 0.482 e. The lowest BCUT2D eigenvalue weighted by Gasteiger charge is -2.29. The zero-order valence-corrected chi connectivity index (χ0v) is 15.5. The van der Waals surface area contributed by atoms with Gasteiger partial charge in [0.05, 0.1) is 5.69 Å². The number of hydrogen-bond donors (Lipinski definition) is 1. The minimum absolute atomic E-state index is 0.0569. The average Bonchev–Trinajstić information content (AvgIpc) is 2.61. The van der Waals surface area contributed by atoms with Crippen molar-refractivity contribution in [3.8, 4) is 5.75 Å². The van der Waals surface area contributed by atoms with Crippen LogP contribution < -0.4 is 15.0 Å². The Kier molecular flexibility index (Phi) is 5.38. The molecule has 2 amide bonds. The zero-order chi connectivity index (χ0) is 17.8. The SMILES string of the molecule is CCCCN1C(=O)COc2ccc(NC(=O)c3ccc(Br)cc3)cc21. The molecule has 0 saturated heterocycles. The summed E-state index contributed by atoms with van der Waals surface area (Å²) in [4.78, 5) is 26.3. The third kappa shape index (κ3) is 4.02. The fourth-order valence-electron chi connectivity index (χ4n) is 2.65. The molecule has 3 rings (SSSR count). The number of amides is 2. The molecule has 0 unspecified atom stereocenters. The predicted octanol–water partition coefficient (Wildman–Crippen LogP) is 4.23. The first kappa shape index (κ1) is 17.5. The molecule has 2 aromatic rings.